The lowest BCUT2D eigenvalue weighted by molar-refractivity contribution is -0.322. The Kier molecular flexibility index (Phi) is 13.7. The van der Waals surface area contributed by atoms with Gasteiger partial charge in [-0.15, -0.1) is 0 Å². The third kappa shape index (κ3) is 8.51. The Morgan fingerprint density at radius 2 is 1.65 bits per heavy atom. The van der Waals surface area contributed by atoms with Crippen LogP contribution in [0.3, 0.4) is 0 Å². The number of aliphatic hydroxyl groups excluding tert-OH is 1. The number of aromatic hydroxyl groups is 2. The highest BCUT2D eigenvalue weighted by Crippen LogP contribution is 2.53. The van der Waals surface area contributed by atoms with Crippen molar-refractivity contribution in [2.24, 2.45) is 23.5 Å². The second-order valence-corrected chi connectivity index (χ2v) is 24.3. The molecule has 12 atom stereocenters. The van der Waals surface area contributed by atoms with Crippen molar-refractivity contribution in [3.8, 4) is 11.5 Å². The minimum absolute atomic E-state index is 0.00588. The zero-order valence-corrected chi connectivity index (χ0v) is 46.6. The topological polar surface area (TPSA) is 295 Å². The van der Waals surface area contributed by atoms with Crippen LogP contribution in [0.1, 0.15) is 134 Å². The highest BCUT2D eigenvalue weighted by Gasteiger charge is 2.72. The molecule has 5 aliphatic heterocycles. The molecule has 79 heavy (non-hydrogen) atoms. The van der Waals surface area contributed by atoms with E-state index in [-0.39, 0.29) is 70.0 Å². The SMILES string of the molecule is CC(=O)[C@]1(O)Cc2c(O)c3c(c(O)c2[C@@H](O[C@H]2C[C@H](N)[C@H](O)[C@H](C)O2)C1)C(=O)c1ccccc1C3=O.CC(C)C[C@H]1C(=O)N2CCC[C@H]2[C@]2(O)O[C@](NC(=O)[C@@H]3C=C4c5cccc6[nH]c(Br)c(c56)C[C@H]4N(C)C3)(C(C)C)C(=O)N12. The zero-order chi connectivity index (χ0) is 56.7. The Hall–Kier alpha value is -5.88. The van der Waals surface area contributed by atoms with E-state index in [0.717, 1.165) is 34.1 Å². The van der Waals surface area contributed by atoms with E-state index in [9.17, 15) is 54.3 Å². The molecule has 3 amide bonds. The normalized spacial score (nSPS) is 32.7. The molecule has 0 saturated carbocycles. The van der Waals surface area contributed by atoms with Crippen molar-refractivity contribution in [3.05, 3.63) is 97.7 Å². The fourth-order valence-corrected chi connectivity index (χ4v) is 14.1. The Bertz CT molecular complexity index is 3290. The van der Waals surface area contributed by atoms with Crippen LogP contribution in [-0.4, -0.2) is 160 Å². The van der Waals surface area contributed by atoms with Crippen molar-refractivity contribution in [1.82, 2.24) is 25.0 Å². The molecular weight excluding hydrogens is 1080 g/mol. The van der Waals surface area contributed by atoms with Gasteiger partial charge in [0.05, 0.1) is 40.0 Å². The summed E-state index contributed by atoms with van der Waals surface area (Å²) in [7, 11) is 2.03. The third-order valence-corrected chi connectivity index (χ3v) is 18.4. The molecule has 12 rings (SSSR count). The number of phenols is 2. The Labute approximate surface area is 464 Å². The first-order valence-corrected chi connectivity index (χ1v) is 28.0. The van der Waals surface area contributed by atoms with Crippen molar-refractivity contribution in [2.45, 2.75) is 152 Å². The number of benzene rings is 3. The lowest BCUT2D eigenvalue weighted by atomic mass is 9.72. The number of aliphatic hydroxyl groups is 3. The number of ether oxygens (including phenoxy) is 3. The number of hydrogen-bond acceptors (Lipinski definition) is 16. The molecule has 3 aliphatic carbocycles. The molecule has 21 heteroatoms. The number of hydrogen-bond donors (Lipinski definition) is 8. The molecule has 420 valence electrons. The van der Waals surface area contributed by atoms with Crippen molar-refractivity contribution in [2.75, 3.05) is 20.1 Å². The number of phenolic OH excluding ortho intramolecular Hbond substituents is 2. The van der Waals surface area contributed by atoms with Gasteiger partial charge in [-0.05, 0) is 91.2 Å². The molecule has 4 fully saturated rings. The van der Waals surface area contributed by atoms with Crippen LogP contribution in [0.5, 0.6) is 11.5 Å². The van der Waals surface area contributed by atoms with Crippen LogP contribution in [-0.2, 0) is 46.2 Å². The molecule has 0 bridgehead atoms. The summed E-state index contributed by atoms with van der Waals surface area (Å²) in [4.78, 5) is 89.8. The fraction of sp³-hybridized carbons (Fsp3) is 0.517. The number of rotatable bonds is 8. The average molecular weight is 1150 g/mol. The maximum absolute atomic E-state index is 14.4. The number of nitrogens with one attached hydrogen (secondary N) is 2. The van der Waals surface area contributed by atoms with Crippen LogP contribution in [0, 0.1) is 17.8 Å². The number of likely N-dealkylation sites (N-methyl/N-ethyl adjacent to an activating group) is 1. The predicted molar refractivity (Wildman–Crippen MR) is 288 cm³/mol. The van der Waals surface area contributed by atoms with Gasteiger partial charge < -0.3 is 55.9 Å². The first kappa shape index (κ1) is 55.0. The molecule has 4 aromatic rings. The van der Waals surface area contributed by atoms with E-state index < -0.39 is 113 Å². The minimum Gasteiger partial charge on any atom is -0.507 e. The average Bonchev–Trinajstić information content (AvgIpc) is 3.36. The fourth-order valence-electron chi connectivity index (χ4n) is 13.6. The largest absolute Gasteiger partial charge is 0.507 e. The molecule has 8 aliphatic rings. The van der Waals surface area contributed by atoms with Gasteiger partial charge in [-0.25, -0.2) is 0 Å². The molecule has 3 aromatic carbocycles. The maximum atomic E-state index is 14.4. The van der Waals surface area contributed by atoms with Gasteiger partial charge in [0.1, 0.15) is 29.2 Å². The van der Waals surface area contributed by atoms with Crippen molar-refractivity contribution < 1.29 is 68.5 Å². The number of aromatic nitrogens is 1. The summed E-state index contributed by atoms with van der Waals surface area (Å²) in [5.74, 6) is -7.07. The summed E-state index contributed by atoms with van der Waals surface area (Å²) in [5, 5.41) is 60.1. The van der Waals surface area contributed by atoms with Gasteiger partial charge in [0.15, 0.2) is 23.6 Å². The number of aromatic amines is 1. The van der Waals surface area contributed by atoms with Gasteiger partial charge in [-0.1, -0.05) is 70.2 Å². The first-order chi connectivity index (χ1) is 37.3. The molecule has 0 spiro atoms. The molecule has 1 aromatic heterocycles. The highest BCUT2D eigenvalue weighted by atomic mass is 79.9. The molecule has 9 N–H and O–H groups in total. The molecule has 0 unspecified atom stereocenters. The number of H-pyrrole nitrogens is 1. The number of carbonyl (C=O) groups is 6. The van der Waals surface area contributed by atoms with Gasteiger partial charge >= 0.3 is 0 Å². The van der Waals surface area contributed by atoms with E-state index in [1.807, 2.05) is 33.0 Å². The molecule has 0 radical (unpaired) electrons. The van der Waals surface area contributed by atoms with E-state index >= 15 is 0 Å². The number of fused-ring (bicyclic) bond motifs is 8. The summed E-state index contributed by atoms with van der Waals surface area (Å²) in [5.41, 5.74) is 6.06. The maximum Gasteiger partial charge on any atom is 0.281 e. The quantitative estimate of drug-likeness (QED) is 0.101. The van der Waals surface area contributed by atoms with Crippen LogP contribution in [0.4, 0.5) is 0 Å². The number of nitrogens with zero attached hydrogens (tertiary/aromatic N) is 3. The molecule has 20 nitrogen and oxygen atoms in total. The van der Waals surface area contributed by atoms with Gasteiger partial charge in [-0.2, -0.15) is 0 Å². The van der Waals surface area contributed by atoms with Crippen molar-refractivity contribution >= 4 is 67.5 Å². The van der Waals surface area contributed by atoms with E-state index in [2.05, 4.69) is 43.3 Å². The Balaban J connectivity index is 0.000000170. The second kappa shape index (κ2) is 19.7. The number of ketones is 3. The van der Waals surface area contributed by atoms with Crippen molar-refractivity contribution in [1.29, 1.82) is 0 Å². The standard InChI is InChI=1S/C32H40BrN5O5.C26H27NO9/c1-16(2)12-24-29(40)37-11-7-10-25(37)32(42)38(24)30(41)31(43-32,17(3)4)35-28(39)18-13-20-19-8-6-9-22-26(19)21(27(33)34-22)14-23(20)36(5)15-18;1-10-21(29)15(27)7-17(35-10)36-16-9-26(34,11(2)28)8-14-18(16)25(33)20-19(24(14)32)22(30)12-5-3-4-6-13(12)23(20)31/h6,8-9,13,16-18,23-25,34,42H,7,10-12,14-15H2,1-5H3,(H,35,39);3-6,10,15-17,21,29,32-34H,7-9,27H2,1-2H3/t18-,23-,24+,25+,31-,32+;10-,15-,16-,17-,21+,26-/m10/s1. The van der Waals surface area contributed by atoms with Gasteiger partial charge in [-0.3, -0.25) is 43.3 Å². The van der Waals surface area contributed by atoms with Crippen LogP contribution >= 0.6 is 15.9 Å². The second-order valence-electron chi connectivity index (χ2n) is 23.5. The monoisotopic (exact) mass is 1150 g/mol. The summed E-state index contributed by atoms with van der Waals surface area (Å²) >= 11 is 3.70. The summed E-state index contributed by atoms with van der Waals surface area (Å²) in [6.45, 7) is 11.4. The van der Waals surface area contributed by atoms with Crippen LogP contribution in [0.25, 0.3) is 16.5 Å². The number of halogens is 1. The number of piperazine rings is 1. The molecular formula is C58H67BrN6O14. The van der Waals surface area contributed by atoms with Crippen molar-refractivity contribution in [3.63, 3.8) is 0 Å². The zero-order valence-electron chi connectivity index (χ0n) is 45.0. The summed E-state index contributed by atoms with van der Waals surface area (Å²) < 4.78 is 19.2. The molecule has 6 heterocycles. The van der Waals surface area contributed by atoms with E-state index in [4.69, 9.17) is 19.9 Å². The minimum atomic E-state index is -2.01. The Morgan fingerprint density at radius 1 is 0.975 bits per heavy atom. The first-order valence-electron chi connectivity index (χ1n) is 27.2. The lowest BCUT2D eigenvalue weighted by Gasteiger charge is -2.49. The van der Waals surface area contributed by atoms with Crippen LogP contribution in [0.2, 0.25) is 0 Å². The Morgan fingerprint density at radius 3 is 2.29 bits per heavy atom. The van der Waals surface area contributed by atoms with Gasteiger partial charge in [0.2, 0.25) is 17.5 Å². The summed E-state index contributed by atoms with van der Waals surface area (Å²) in [6.07, 6.45) is 0.110. The van der Waals surface area contributed by atoms with E-state index in [1.165, 1.54) is 34.9 Å². The lowest BCUT2D eigenvalue weighted by Crippen LogP contribution is -2.71. The van der Waals surface area contributed by atoms with Gasteiger partial charge in [0, 0.05) is 83.5 Å². The molecule has 4 saturated heterocycles. The number of amides is 3. The van der Waals surface area contributed by atoms with E-state index in [1.54, 1.807) is 37.8 Å². The number of carbonyl (C=O) groups excluding carboxylic acids is 6. The highest BCUT2D eigenvalue weighted by molar-refractivity contribution is 9.10. The third-order valence-electron chi connectivity index (χ3n) is 17.7. The van der Waals surface area contributed by atoms with Gasteiger partial charge in [0.25, 0.3) is 11.8 Å². The number of Topliss-reactive ketones (excluding diaryl/α,β-unsaturated/α-hetero) is 1. The van der Waals surface area contributed by atoms with Crippen LogP contribution in [0.15, 0.2) is 53.1 Å². The van der Waals surface area contributed by atoms with Crippen LogP contribution < -0.4 is 11.1 Å². The van der Waals surface area contributed by atoms with E-state index in [0.29, 0.717) is 25.9 Å². The predicted octanol–water partition coefficient (Wildman–Crippen LogP) is 4.21. The summed E-state index contributed by atoms with van der Waals surface area (Å²) in [6, 6.07) is 10.2. The smallest absolute Gasteiger partial charge is 0.281 e. The number of nitrogens with two attached hydrogens (primary N) is 1.